The van der Waals surface area contributed by atoms with Crippen LogP contribution in [0.4, 0.5) is 16.2 Å². The van der Waals surface area contributed by atoms with Crippen LogP contribution in [0, 0.1) is 0 Å². The fourth-order valence-electron chi connectivity index (χ4n) is 4.72. The third-order valence-corrected chi connectivity index (χ3v) is 6.26. The first-order chi connectivity index (χ1) is 15.0. The normalized spacial score (nSPS) is 22.3. The molecule has 0 unspecified atom stereocenters. The molecule has 2 heterocycles. The van der Waals surface area contributed by atoms with Gasteiger partial charge in [-0.1, -0.05) is 24.3 Å². The number of carbonyl (C=O) groups excluding carboxylic acids is 4. The molecule has 2 aromatic carbocycles. The van der Waals surface area contributed by atoms with Crippen molar-refractivity contribution in [3.63, 3.8) is 0 Å². The quantitative estimate of drug-likeness (QED) is 0.744. The number of nitrogens with zero attached hydrogens (tertiary/aromatic N) is 2. The summed E-state index contributed by atoms with van der Waals surface area (Å²) in [5.74, 6) is -0.755. The van der Waals surface area contributed by atoms with Gasteiger partial charge in [0.25, 0.3) is 5.91 Å². The van der Waals surface area contributed by atoms with E-state index >= 15 is 0 Å². The Morgan fingerprint density at radius 2 is 1.81 bits per heavy atom. The van der Waals surface area contributed by atoms with Gasteiger partial charge in [0.15, 0.2) is 0 Å². The van der Waals surface area contributed by atoms with Gasteiger partial charge in [-0.25, -0.2) is 4.79 Å². The molecule has 158 valence electrons. The van der Waals surface area contributed by atoms with Crippen molar-refractivity contribution in [2.45, 2.75) is 31.2 Å². The highest BCUT2D eigenvalue weighted by atomic mass is 16.2. The number of aryl methyl sites for hydroxylation is 1. The van der Waals surface area contributed by atoms with E-state index in [4.69, 9.17) is 0 Å². The molecule has 2 aromatic rings. The van der Waals surface area contributed by atoms with E-state index in [0.717, 1.165) is 28.1 Å². The highest BCUT2D eigenvalue weighted by Crippen LogP contribution is 2.41. The monoisotopic (exact) mass is 418 g/mol. The lowest BCUT2D eigenvalue weighted by Gasteiger charge is -2.22. The minimum atomic E-state index is -1.07. The van der Waals surface area contributed by atoms with Crippen LogP contribution in [-0.2, 0) is 26.3 Å². The molecule has 31 heavy (non-hydrogen) atoms. The van der Waals surface area contributed by atoms with Crippen molar-refractivity contribution < 1.29 is 19.2 Å². The zero-order valence-corrected chi connectivity index (χ0v) is 16.9. The minimum Gasteiger partial charge on any atom is -0.325 e. The maximum absolute atomic E-state index is 13.1. The van der Waals surface area contributed by atoms with Crippen LogP contribution < -0.4 is 15.5 Å². The third kappa shape index (κ3) is 3.15. The summed E-state index contributed by atoms with van der Waals surface area (Å²) in [4.78, 5) is 52.8. The van der Waals surface area contributed by atoms with Gasteiger partial charge in [0.05, 0.1) is 0 Å². The van der Waals surface area contributed by atoms with E-state index in [1.165, 1.54) is 0 Å². The Morgan fingerprint density at radius 1 is 1.03 bits per heavy atom. The number of nitrogens with one attached hydrogen (secondary N) is 2. The Labute approximate surface area is 179 Å². The second kappa shape index (κ2) is 7.23. The SMILES string of the molecule is O=C(CN1C(=O)N[C@@]2(CCc3ccccc32)C1=O)Nc1ccc(N2CCCC2=O)cc1. The van der Waals surface area contributed by atoms with Crippen LogP contribution in [0.15, 0.2) is 48.5 Å². The molecule has 0 bridgehead atoms. The number of hydrogen-bond acceptors (Lipinski definition) is 4. The lowest BCUT2D eigenvalue weighted by molar-refractivity contribution is -0.134. The number of hydrogen-bond donors (Lipinski definition) is 2. The lowest BCUT2D eigenvalue weighted by Crippen LogP contribution is -2.43. The molecular formula is C23H22N4O4. The van der Waals surface area contributed by atoms with Crippen LogP contribution in [0.5, 0.6) is 0 Å². The highest BCUT2D eigenvalue weighted by molar-refractivity contribution is 6.11. The molecule has 1 spiro atoms. The topological polar surface area (TPSA) is 98.8 Å². The summed E-state index contributed by atoms with van der Waals surface area (Å²) in [7, 11) is 0. The molecule has 2 saturated heterocycles. The van der Waals surface area contributed by atoms with Gasteiger partial charge in [0, 0.05) is 24.3 Å². The van der Waals surface area contributed by atoms with E-state index in [1.54, 1.807) is 29.2 Å². The molecule has 0 saturated carbocycles. The number of amides is 5. The average molecular weight is 418 g/mol. The van der Waals surface area contributed by atoms with Crippen LogP contribution in [0.2, 0.25) is 0 Å². The highest BCUT2D eigenvalue weighted by Gasteiger charge is 2.55. The number of anilines is 2. The van der Waals surface area contributed by atoms with Crippen molar-refractivity contribution in [2.24, 2.45) is 0 Å². The summed E-state index contributed by atoms with van der Waals surface area (Å²) in [5.41, 5.74) is 2.10. The van der Waals surface area contributed by atoms with E-state index in [2.05, 4.69) is 10.6 Å². The lowest BCUT2D eigenvalue weighted by atomic mass is 9.92. The summed E-state index contributed by atoms with van der Waals surface area (Å²) in [6.45, 7) is 0.336. The summed E-state index contributed by atoms with van der Waals surface area (Å²) in [5, 5.41) is 5.54. The van der Waals surface area contributed by atoms with Crippen LogP contribution in [-0.4, -0.2) is 41.7 Å². The van der Waals surface area contributed by atoms with Gasteiger partial charge >= 0.3 is 6.03 Å². The van der Waals surface area contributed by atoms with Gasteiger partial charge in [0.1, 0.15) is 12.1 Å². The van der Waals surface area contributed by atoms with Crippen molar-refractivity contribution in [1.29, 1.82) is 0 Å². The van der Waals surface area contributed by atoms with Gasteiger partial charge < -0.3 is 15.5 Å². The number of carbonyl (C=O) groups is 4. The standard InChI is InChI=1S/C23H22N4O4/c28-19(24-16-7-9-17(10-8-16)26-13-3-6-20(26)29)14-27-21(30)23(25-22(27)31)12-11-15-4-1-2-5-18(15)23/h1-2,4-5,7-10H,3,6,11-14H2,(H,24,28)(H,25,31)/t23-/m1/s1. The molecule has 2 N–H and O–H groups in total. The number of fused-ring (bicyclic) bond motifs is 2. The first-order valence-corrected chi connectivity index (χ1v) is 10.4. The molecule has 5 amide bonds. The summed E-state index contributed by atoms with van der Waals surface area (Å²) in [6, 6.07) is 14.0. The van der Waals surface area contributed by atoms with E-state index in [9.17, 15) is 19.2 Å². The largest absolute Gasteiger partial charge is 0.325 e. The first-order valence-electron chi connectivity index (χ1n) is 10.4. The maximum Gasteiger partial charge on any atom is 0.325 e. The maximum atomic E-state index is 13.1. The minimum absolute atomic E-state index is 0.0951. The number of rotatable bonds is 4. The van der Waals surface area contributed by atoms with Crippen LogP contribution in [0.1, 0.15) is 30.4 Å². The Balaban J connectivity index is 1.26. The molecule has 8 nitrogen and oxygen atoms in total. The molecule has 3 aliphatic rings. The molecule has 2 aliphatic heterocycles. The predicted octanol–water partition coefficient (Wildman–Crippen LogP) is 2.15. The molecule has 2 fully saturated rings. The van der Waals surface area contributed by atoms with Crippen molar-refractivity contribution in [3.05, 3.63) is 59.7 Å². The summed E-state index contributed by atoms with van der Waals surface area (Å²) in [6.07, 6.45) is 2.59. The molecule has 0 aromatic heterocycles. The molecule has 5 rings (SSSR count). The molecular weight excluding hydrogens is 396 g/mol. The van der Waals surface area contributed by atoms with E-state index < -0.39 is 17.5 Å². The fourth-order valence-corrected chi connectivity index (χ4v) is 4.72. The van der Waals surface area contributed by atoms with Gasteiger partial charge in [-0.05, 0) is 54.7 Å². The van der Waals surface area contributed by atoms with Crippen molar-refractivity contribution in [2.75, 3.05) is 23.3 Å². The average Bonchev–Trinajstić information content (AvgIpc) is 3.42. The smallest absolute Gasteiger partial charge is 0.325 e. The van der Waals surface area contributed by atoms with Crippen LogP contribution >= 0.6 is 0 Å². The summed E-state index contributed by atoms with van der Waals surface area (Å²) < 4.78 is 0. The van der Waals surface area contributed by atoms with Gasteiger partial charge in [-0.3, -0.25) is 19.3 Å². The van der Waals surface area contributed by atoms with Crippen molar-refractivity contribution in [1.82, 2.24) is 10.2 Å². The zero-order chi connectivity index (χ0) is 21.6. The van der Waals surface area contributed by atoms with E-state index in [-0.39, 0.29) is 18.4 Å². The number of urea groups is 1. The molecule has 1 atom stereocenters. The Morgan fingerprint density at radius 3 is 2.55 bits per heavy atom. The van der Waals surface area contributed by atoms with Crippen molar-refractivity contribution in [3.8, 4) is 0 Å². The van der Waals surface area contributed by atoms with Gasteiger partial charge in [0.2, 0.25) is 11.8 Å². The Kier molecular flexibility index (Phi) is 4.50. The Bertz CT molecular complexity index is 1100. The van der Waals surface area contributed by atoms with Gasteiger partial charge in [-0.15, -0.1) is 0 Å². The Hall–Kier alpha value is -3.68. The zero-order valence-electron chi connectivity index (χ0n) is 16.9. The van der Waals surface area contributed by atoms with Crippen LogP contribution in [0.3, 0.4) is 0 Å². The fraction of sp³-hybridized carbons (Fsp3) is 0.304. The van der Waals surface area contributed by atoms with E-state index in [0.29, 0.717) is 31.5 Å². The second-order valence-electron chi connectivity index (χ2n) is 8.13. The number of imide groups is 1. The number of benzene rings is 2. The third-order valence-electron chi connectivity index (χ3n) is 6.26. The molecule has 8 heteroatoms. The van der Waals surface area contributed by atoms with Gasteiger partial charge in [-0.2, -0.15) is 0 Å². The predicted molar refractivity (Wildman–Crippen MR) is 113 cm³/mol. The van der Waals surface area contributed by atoms with Crippen molar-refractivity contribution >= 4 is 35.1 Å². The molecule has 1 aliphatic carbocycles. The molecule has 0 radical (unpaired) electrons. The first kappa shape index (κ1) is 19.3. The van der Waals surface area contributed by atoms with Crippen LogP contribution in [0.25, 0.3) is 0 Å². The second-order valence-corrected chi connectivity index (χ2v) is 8.13. The summed E-state index contributed by atoms with van der Waals surface area (Å²) >= 11 is 0. The van der Waals surface area contributed by atoms with E-state index in [1.807, 2.05) is 24.3 Å².